The fourth-order valence-electron chi connectivity index (χ4n) is 2.73. The van der Waals surface area contributed by atoms with Gasteiger partial charge >= 0.3 is 0 Å². The Morgan fingerprint density at radius 3 is 2.71 bits per heavy atom. The van der Waals surface area contributed by atoms with Crippen molar-refractivity contribution < 1.29 is 18.7 Å². The number of nitrogens with zero attached hydrogens (tertiary/aromatic N) is 4. The van der Waals surface area contributed by atoms with Crippen molar-refractivity contribution in [3.05, 3.63) is 59.7 Å². The molecule has 9 heteroatoms. The molecule has 162 valence electrons. The highest BCUT2D eigenvalue weighted by Crippen LogP contribution is 2.29. The molecule has 1 amide bonds. The standard InChI is InChI=1S/C22H24FN5O3/c1-14(2)13-31-20-9-5-16(11-21(20)30-4)6-10-22(29)24-17-7-8-18(23)19(12-17)28-15(3)25-26-27-28/h5-12,14H,13H2,1-4H3,(H,24,29)/b10-6+. The van der Waals surface area contributed by atoms with Crippen LogP contribution in [-0.4, -0.2) is 39.8 Å². The van der Waals surface area contributed by atoms with E-state index in [0.717, 1.165) is 5.56 Å². The van der Waals surface area contributed by atoms with Crippen LogP contribution in [0.25, 0.3) is 11.8 Å². The van der Waals surface area contributed by atoms with Gasteiger partial charge in [0.25, 0.3) is 0 Å². The summed E-state index contributed by atoms with van der Waals surface area (Å²) in [7, 11) is 1.57. The molecule has 1 heterocycles. The van der Waals surface area contributed by atoms with Crippen molar-refractivity contribution in [3.8, 4) is 17.2 Å². The molecule has 0 aliphatic carbocycles. The number of rotatable bonds is 8. The Labute approximate surface area is 179 Å². The number of carbonyl (C=O) groups is 1. The van der Waals surface area contributed by atoms with E-state index in [1.165, 1.54) is 29.0 Å². The normalized spacial score (nSPS) is 11.2. The lowest BCUT2D eigenvalue weighted by atomic mass is 10.2. The first kappa shape index (κ1) is 21.9. The number of hydrogen-bond acceptors (Lipinski definition) is 6. The first-order chi connectivity index (χ1) is 14.9. The monoisotopic (exact) mass is 425 g/mol. The van der Waals surface area contributed by atoms with Crippen molar-refractivity contribution in [2.75, 3.05) is 19.0 Å². The predicted molar refractivity (Wildman–Crippen MR) is 115 cm³/mol. The summed E-state index contributed by atoms with van der Waals surface area (Å²) < 4.78 is 26.5. The van der Waals surface area contributed by atoms with E-state index < -0.39 is 5.82 Å². The van der Waals surface area contributed by atoms with E-state index in [2.05, 4.69) is 34.7 Å². The number of anilines is 1. The number of ether oxygens (including phenoxy) is 2. The van der Waals surface area contributed by atoms with Crippen molar-refractivity contribution >= 4 is 17.7 Å². The number of tetrazole rings is 1. The number of halogens is 1. The van der Waals surface area contributed by atoms with E-state index >= 15 is 0 Å². The largest absolute Gasteiger partial charge is 0.493 e. The van der Waals surface area contributed by atoms with Gasteiger partial charge in [0.2, 0.25) is 5.91 Å². The van der Waals surface area contributed by atoms with E-state index in [1.54, 1.807) is 32.2 Å². The number of amides is 1. The number of hydrogen-bond donors (Lipinski definition) is 1. The Morgan fingerprint density at radius 1 is 1.23 bits per heavy atom. The van der Waals surface area contributed by atoms with Gasteiger partial charge in [-0.2, -0.15) is 4.68 Å². The lowest BCUT2D eigenvalue weighted by Gasteiger charge is -2.12. The molecule has 0 spiro atoms. The van der Waals surface area contributed by atoms with Crippen molar-refractivity contribution in [1.82, 2.24) is 20.2 Å². The first-order valence-electron chi connectivity index (χ1n) is 9.72. The molecular formula is C22H24FN5O3. The van der Waals surface area contributed by atoms with Gasteiger partial charge < -0.3 is 14.8 Å². The maximum atomic E-state index is 14.2. The molecule has 0 saturated carbocycles. The van der Waals surface area contributed by atoms with Gasteiger partial charge in [-0.05, 0) is 65.2 Å². The van der Waals surface area contributed by atoms with Gasteiger partial charge in [0, 0.05) is 11.8 Å². The number of aromatic nitrogens is 4. The molecule has 0 unspecified atom stereocenters. The van der Waals surface area contributed by atoms with Crippen molar-refractivity contribution in [2.24, 2.45) is 5.92 Å². The smallest absolute Gasteiger partial charge is 0.248 e. The molecule has 31 heavy (non-hydrogen) atoms. The number of benzene rings is 2. The van der Waals surface area contributed by atoms with Gasteiger partial charge in [0.1, 0.15) is 11.5 Å². The summed E-state index contributed by atoms with van der Waals surface area (Å²) in [6, 6.07) is 9.60. The average molecular weight is 425 g/mol. The third-order valence-electron chi connectivity index (χ3n) is 4.25. The molecule has 0 saturated heterocycles. The predicted octanol–water partition coefficient (Wildman–Crippen LogP) is 3.81. The fourth-order valence-corrected chi connectivity index (χ4v) is 2.73. The van der Waals surface area contributed by atoms with Gasteiger partial charge in [-0.25, -0.2) is 4.39 Å². The summed E-state index contributed by atoms with van der Waals surface area (Å²) in [5, 5.41) is 13.7. The highest BCUT2D eigenvalue weighted by molar-refractivity contribution is 6.02. The Morgan fingerprint density at radius 2 is 2.03 bits per heavy atom. The Balaban J connectivity index is 1.70. The SMILES string of the molecule is COc1cc(/C=C/C(=O)Nc2ccc(F)c(-n3nnnc3C)c2)ccc1OCC(C)C. The van der Waals surface area contributed by atoms with Crippen molar-refractivity contribution in [3.63, 3.8) is 0 Å². The number of carbonyl (C=O) groups excluding carboxylic acids is 1. The van der Waals surface area contributed by atoms with Crippen LogP contribution in [0.15, 0.2) is 42.5 Å². The Hall–Kier alpha value is -3.75. The van der Waals surface area contributed by atoms with Crippen LogP contribution >= 0.6 is 0 Å². The topological polar surface area (TPSA) is 91.2 Å². The molecule has 0 aliphatic rings. The second-order valence-electron chi connectivity index (χ2n) is 7.24. The minimum Gasteiger partial charge on any atom is -0.493 e. The number of methoxy groups -OCH3 is 1. The molecule has 3 rings (SSSR count). The van der Waals surface area contributed by atoms with Crippen LogP contribution in [0.2, 0.25) is 0 Å². The van der Waals surface area contributed by atoms with Crippen LogP contribution in [0.5, 0.6) is 11.5 Å². The second-order valence-corrected chi connectivity index (χ2v) is 7.24. The quantitative estimate of drug-likeness (QED) is 0.552. The molecule has 0 atom stereocenters. The molecule has 0 bridgehead atoms. The van der Waals surface area contributed by atoms with Crippen LogP contribution in [0.1, 0.15) is 25.2 Å². The maximum absolute atomic E-state index is 14.2. The van der Waals surface area contributed by atoms with E-state index in [-0.39, 0.29) is 11.6 Å². The Kier molecular flexibility index (Phi) is 6.96. The van der Waals surface area contributed by atoms with Gasteiger partial charge in [-0.3, -0.25) is 4.79 Å². The highest BCUT2D eigenvalue weighted by Gasteiger charge is 2.11. The Bertz CT molecular complexity index is 1090. The summed E-state index contributed by atoms with van der Waals surface area (Å²) in [4.78, 5) is 12.3. The maximum Gasteiger partial charge on any atom is 0.248 e. The van der Waals surface area contributed by atoms with Gasteiger partial charge in [0.15, 0.2) is 17.3 Å². The summed E-state index contributed by atoms with van der Waals surface area (Å²) in [6.45, 7) is 6.37. The highest BCUT2D eigenvalue weighted by atomic mass is 19.1. The van der Waals surface area contributed by atoms with Crippen LogP contribution in [0.3, 0.4) is 0 Å². The van der Waals surface area contributed by atoms with Crippen molar-refractivity contribution in [1.29, 1.82) is 0 Å². The van der Waals surface area contributed by atoms with Crippen molar-refractivity contribution in [2.45, 2.75) is 20.8 Å². The zero-order valence-electron chi connectivity index (χ0n) is 17.8. The van der Waals surface area contributed by atoms with Gasteiger partial charge in [-0.15, -0.1) is 5.10 Å². The van der Waals surface area contributed by atoms with Gasteiger partial charge in [-0.1, -0.05) is 19.9 Å². The van der Waals surface area contributed by atoms with E-state index in [4.69, 9.17) is 9.47 Å². The number of nitrogens with one attached hydrogen (secondary N) is 1. The zero-order chi connectivity index (χ0) is 22.4. The molecular weight excluding hydrogens is 401 g/mol. The van der Waals surface area contributed by atoms with Crippen LogP contribution in [0, 0.1) is 18.7 Å². The third-order valence-corrected chi connectivity index (χ3v) is 4.25. The summed E-state index contributed by atoms with van der Waals surface area (Å²) in [5.74, 6) is 1.18. The lowest BCUT2D eigenvalue weighted by molar-refractivity contribution is -0.111. The van der Waals surface area contributed by atoms with E-state index in [9.17, 15) is 9.18 Å². The van der Waals surface area contributed by atoms with E-state index in [1.807, 2.05) is 6.07 Å². The second kappa shape index (κ2) is 9.84. The third kappa shape index (κ3) is 5.65. The number of aryl methyl sites for hydroxylation is 1. The molecule has 0 fully saturated rings. The summed E-state index contributed by atoms with van der Waals surface area (Å²) in [6.07, 6.45) is 3.04. The van der Waals surface area contributed by atoms with Crippen LogP contribution < -0.4 is 14.8 Å². The molecule has 2 aromatic carbocycles. The van der Waals surface area contributed by atoms with Crippen LogP contribution in [-0.2, 0) is 4.79 Å². The fraction of sp³-hybridized carbons (Fsp3) is 0.273. The molecule has 0 radical (unpaired) electrons. The summed E-state index contributed by atoms with van der Waals surface area (Å²) >= 11 is 0. The summed E-state index contributed by atoms with van der Waals surface area (Å²) in [5.41, 5.74) is 1.33. The zero-order valence-corrected chi connectivity index (χ0v) is 17.8. The molecule has 1 N–H and O–H groups in total. The minimum absolute atomic E-state index is 0.144. The molecule has 3 aromatic rings. The minimum atomic E-state index is -0.504. The molecule has 1 aromatic heterocycles. The van der Waals surface area contributed by atoms with Crippen LogP contribution in [0.4, 0.5) is 10.1 Å². The van der Waals surface area contributed by atoms with Gasteiger partial charge in [0.05, 0.1) is 13.7 Å². The molecule has 8 nitrogen and oxygen atoms in total. The first-order valence-corrected chi connectivity index (χ1v) is 9.72. The molecule has 0 aliphatic heterocycles. The lowest BCUT2D eigenvalue weighted by Crippen LogP contribution is -2.09. The van der Waals surface area contributed by atoms with E-state index in [0.29, 0.717) is 35.5 Å². The average Bonchev–Trinajstić information content (AvgIpc) is 3.17.